The number of phenols is 1. The predicted octanol–water partition coefficient (Wildman–Crippen LogP) is 4.78. The van der Waals surface area contributed by atoms with Crippen LogP contribution in [0.4, 0.5) is 0 Å². The van der Waals surface area contributed by atoms with E-state index in [1.165, 1.54) is 0 Å². The number of sulfonamides is 1. The molecule has 2 aromatic carbocycles. The zero-order chi connectivity index (χ0) is 29.1. The van der Waals surface area contributed by atoms with E-state index in [4.69, 9.17) is 9.47 Å². The number of nitrogens with one attached hydrogen (secondary N) is 2. The molecule has 3 aromatic heterocycles. The normalized spacial score (nSPS) is 11.6. The van der Waals surface area contributed by atoms with Gasteiger partial charge in [0, 0.05) is 29.0 Å². The molecule has 5 rings (SSSR count). The number of carbonyl (C=O) groups is 1. The average Bonchev–Trinajstić information content (AvgIpc) is 3.30. The van der Waals surface area contributed by atoms with E-state index in [-0.39, 0.29) is 17.9 Å². The van der Waals surface area contributed by atoms with Crippen LogP contribution < -0.4 is 14.2 Å². The van der Waals surface area contributed by atoms with Crippen LogP contribution >= 0.6 is 0 Å². The molecule has 41 heavy (non-hydrogen) atoms. The Labute approximate surface area is 237 Å². The van der Waals surface area contributed by atoms with Crippen LogP contribution in [-0.4, -0.2) is 47.6 Å². The Hall–Kier alpha value is -4.64. The summed E-state index contributed by atoms with van der Waals surface area (Å²) in [4.78, 5) is 24.3. The van der Waals surface area contributed by atoms with Gasteiger partial charge in [-0.25, -0.2) is 8.42 Å². The van der Waals surface area contributed by atoms with Gasteiger partial charge in [-0.2, -0.15) is 0 Å². The highest BCUT2D eigenvalue weighted by atomic mass is 32.2. The number of pyridine rings is 2. The van der Waals surface area contributed by atoms with E-state index in [1.54, 1.807) is 54.9 Å². The molecule has 0 unspecified atom stereocenters. The van der Waals surface area contributed by atoms with Gasteiger partial charge in [0.1, 0.15) is 0 Å². The maximum absolute atomic E-state index is 12.8. The van der Waals surface area contributed by atoms with Gasteiger partial charge in [-0.15, -0.1) is 0 Å². The third-order valence-electron chi connectivity index (χ3n) is 6.54. The zero-order valence-electron chi connectivity index (χ0n) is 22.9. The Bertz CT molecular complexity index is 1850. The second kappa shape index (κ2) is 11.5. The fourth-order valence-electron chi connectivity index (χ4n) is 4.94. The van der Waals surface area contributed by atoms with E-state index in [1.807, 2.05) is 26.8 Å². The van der Waals surface area contributed by atoms with Gasteiger partial charge in [-0.3, -0.25) is 19.5 Å². The van der Waals surface area contributed by atoms with Gasteiger partial charge in [0.25, 0.3) is 0 Å². The molecule has 3 heterocycles. The number of benzene rings is 2. The molecule has 1 amide bonds. The summed E-state index contributed by atoms with van der Waals surface area (Å²) in [6, 6.07) is 13.9. The molecule has 0 atom stereocenters. The number of amides is 1. The second-order valence-electron chi connectivity index (χ2n) is 9.45. The van der Waals surface area contributed by atoms with Crippen molar-refractivity contribution in [2.45, 2.75) is 32.9 Å². The number of aryl methyl sites for hydroxylation is 1. The summed E-state index contributed by atoms with van der Waals surface area (Å²) in [6.45, 7) is 6.29. The fourth-order valence-corrected chi connectivity index (χ4v) is 6.05. The van der Waals surface area contributed by atoms with Crippen molar-refractivity contribution in [2.24, 2.45) is 0 Å². The third-order valence-corrected chi connectivity index (χ3v) is 7.79. The summed E-state index contributed by atoms with van der Waals surface area (Å²) in [6.07, 6.45) is 3.08. The minimum atomic E-state index is -3.95. The molecule has 0 saturated heterocycles. The molecule has 0 saturated carbocycles. The first-order chi connectivity index (χ1) is 19.7. The van der Waals surface area contributed by atoms with Gasteiger partial charge in [0.15, 0.2) is 11.5 Å². The number of fused-ring (bicyclic) bond motifs is 3. The lowest BCUT2D eigenvalue weighted by atomic mass is 9.98. The molecule has 0 fully saturated rings. The first kappa shape index (κ1) is 27.9. The largest absolute Gasteiger partial charge is 0.504 e. The lowest BCUT2D eigenvalue weighted by Crippen LogP contribution is -2.33. The van der Waals surface area contributed by atoms with Gasteiger partial charge in [0.2, 0.25) is 21.8 Å². The van der Waals surface area contributed by atoms with Crippen molar-refractivity contribution in [3.8, 4) is 28.6 Å². The SMILES string of the molecule is CCOc1c(O)c2c(-c3ccc(CS(=O)(=O)NC(=O)Cc4ccccn4)cc3C)[nH]c(OCC)c2c2ncccc12. The highest BCUT2D eigenvalue weighted by Crippen LogP contribution is 2.49. The molecule has 0 bridgehead atoms. The molecule has 5 aromatic rings. The van der Waals surface area contributed by atoms with Crippen LogP contribution in [0.15, 0.2) is 60.9 Å². The number of hydrogen-bond donors (Lipinski definition) is 3. The van der Waals surface area contributed by atoms with E-state index in [0.29, 0.717) is 63.5 Å². The van der Waals surface area contributed by atoms with Crippen molar-refractivity contribution in [1.82, 2.24) is 19.7 Å². The highest BCUT2D eigenvalue weighted by molar-refractivity contribution is 7.89. The number of H-pyrrole nitrogens is 1. The quantitative estimate of drug-likeness (QED) is 0.216. The fraction of sp³-hybridized carbons (Fsp3) is 0.233. The summed E-state index contributed by atoms with van der Waals surface area (Å²) >= 11 is 0. The van der Waals surface area contributed by atoms with Crippen molar-refractivity contribution in [3.05, 3.63) is 77.7 Å². The molecule has 0 radical (unpaired) electrons. The van der Waals surface area contributed by atoms with E-state index in [0.717, 1.165) is 11.1 Å². The van der Waals surface area contributed by atoms with Crippen LogP contribution in [-0.2, 0) is 27.0 Å². The van der Waals surface area contributed by atoms with Crippen molar-refractivity contribution in [1.29, 1.82) is 0 Å². The molecule has 0 aliphatic carbocycles. The molecule has 0 aliphatic heterocycles. The number of aromatic amines is 1. The number of nitrogens with zero attached hydrogens (tertiary/aromatic N) is 2. The molecule has 11 heteroatoms. The molecule has 0 aliphatic rings. The molecule has 10 nitrogen and oxygen atoms in total. The minimum absolute atomic E-state index is 0.0405. The van der Waals surface area contributed by atoms with Crippen LogP contribution in [0.5, 0.6) is 17.4 Å². The molecular weight excluding hydrogens is 544 g/mol. The topological polar surface area (TPSA) is 144 Å². The number of aromatic nitrogens is 3. The maximum Gasteiger partial charge on any atom is 0.239 e. The number of phenolic OH excluding ortho intramolecular Hbond substituents is 1. The summed E-state index contributed by atoms with van der Waals surface area (Å²) < 4.78 is 39.4. The first-order valence-electron chi connectivity index (χ1n) is 13.2. The summed E-state index contributed by atoms with van der Waals surface area (Å²) in [7, 11) is -3.95. The van der Waals surface area contributed by atoms with Gasteiger partial charge >= 0.3 is 0 Å². The molecule has 212 valence electrons. The van der Waals surface area contributed by atoms with Crippen LogP contribution in [0.1, 0.15) is 30.7 Å². The van der Waals surface area contributed by atoms with Gasteiger partial charge in [-0.05, 0) is 56.2 Å². The Balaban J connectivity index is 1.51. The lowest BCUT2D eigenvalue weighted by molar-refractivity contribution is -0.118. The van der Waals surface area contributed by atoms with Crippen LogP contribution in [0.3, 0.4) is 0 Å². The number of hydrogen-bond acceptors (Lipinski definition) is 8. The summed E-state index contributed by atoms with van der Waals surface area (Å²) in [5, 5.41) is 13.2. The molecule has 0 spiro atoms. The zero-order valence-corrected chi connectivity index (χ0v) is 23.7. The monoisotopic (exact) mass is 574 g/mol. The number of carbonyl (C=O) groups excluding carboxylic acids is 1. The Kier molecular flexibility index (Phi) is 7.80. The second-order valence-corrected chi connectivity index (χ2v) is 11.2. The number of aromatic hydroxyl groups is 1. The number of rotatable bonds is 10. The molecular formula is C30H30N4O6S. The van der Waals surface area contributed by atoms with Crippen molar-refractivity contribution in [2.75, 3.05) is 13.2 Å². The van der Waals surface area contributed by atoms with Crippen LogP contribution in [0, 0.1) is 6.92 Å². The maximum atomic E-state index is 12.8. The standard InChI is InChI=1S/C30H30N4O6S/c1-4-39-29-22-10-8-14-32-26(22)25-24(28(29)36)27(33-30(25)40-5-2)21-12-11-19(15-18(21)3)17-41(37,38)34-23(35)16-20-9-6-7-13-31-20/h6-15,33,36H,4-5,16-17H2,1-3H3,(H,34,35). The highest BCUT2D eigenvalue weighted by Gasteiger charge is 2.26. The van der Waals surface area contributed by atoms with Crippen molar-refractivity contribution >= 4 is 37.6 Å². The van der Waals surface area contributed by atoms with E-state index in [9.17, 15) is 18.3 Å². The van der Waals surface area contributed by atoms with Crippen molar-refractivity contribution in [3.63, 3.8) is 0 Å². The van der Waals surface area contributed by atoms with Crippen LogP contribution in [0.25, 0.3) is 32.9 Å². The van der Waals surface area contributed by atoms with E-state index in [2.05, 4.69) is 19.7 Å². The smallest absolute Gasteiger partial charge is 0.239 e. The van der Waals surface area contributed by atoms with Gasteiger partial charge < -0.3 is 19.6 Å². The Morgan fingerprint density at radius 1 is 1.00 bits per heavy atom. The lowest BCUT2D eigenvalue weighted by Gasteiger charge is -2.13. The van der Waals surface area contributed by atoms with Crippen LogP contribution in [0.2, 0.25) is 0 Å². The van der Waals surface area contributed by atoms with E-state index >= 15 is 0 Å². The Morgan fingerprint density at radius 2 is 1.78 bits per heavy atom. The first-order valence-corrected chi connectivity index (χ1v) is 14.8. The predicted molar refractivity (Wildman–Crippen MR) is 156 cm³/mol. The average molecular weight is 575 g/mol. The molecule has 3 N–H and O–H groups in total. The van der Waals surface area contributed by atoms with Gasteiger partial charge in [-0.1, -0.05) is 24.3 Å². The van der Waals surface area contributed by atoms with Gasteiger partial charge in [0.05, 0.1) is 47.4 Å². The summed E-state index contributed by atoms with van der Waals surface area (Å²) in [5.74, 6) is -0.290. The number of ether oxygens (including phenoxy) is 2. The van der Waals surface area contributed by atoms with E-state index < -0.39 is 15.9 Å². The minimum Gasteiger partial charge on any atom is -0.504 e. The van der Waals surface area contributed by atoms with Crippen molar-refractivity contribution < 1.29 is 27.8 Å². The Morgan fingerprint density at radius 3 is 2.49 bits per heavy atom. The third kappa shape index (κ3) is 5.66. The summed E-state index contributed by atoms with van der Waals surface area (Å²) in [5.41, 5.74) is 3.67.